The van der Waals surface area contributed by atoms with E-state index in [-0.39, 0.29) is 23.5 Å². The van der Waals surface area contributed by atoms with Crippen molar-refractivity contribution in [2.45, 2.75) is 37.3 Å². The lowest BCUT2D eigenvalue weighted by Gasteiger charge is -2.57. The minimum atomic E-state index is -0.440. The number of piperidine rings is 1. The van der Waals surface area contributed by atoms with E-state index in [1.54, 1.807) is 35.2 Å². The molecule has 31 heavy (non-hydrogen) atoms. The van der Waals surface area contributed by atoms with Gasteiger partial charge in [-0.2, -0.15) is 5.26 Å². The third-order valence-electron chi connectivity index (χ3n) is 7.01. The highest BCUT2D eigenvalue weighted by atomic mass is 16.2. The average molecular weight is 418 g/mol. The molecule has 2 aromatic rings. The van der Waals surface area contributed by atoms with E-state index in [9.17, 15) is 9.59 Å². The first-order valence-corrected chi connectivity index (χ1v) is 10.4. The van der Waals surface area contributed by atoms with Crippen molar-refractivity contribution in [3.05, 3.63) is 64.7 Å². The number of likely N-dealkylation sites (N-methyl/N-ethyl adjacent to an activating group) is 2. The Morgan fingerprint density at radius 1 is 1.26 bits per heavy atom. The number of urea groups is 1. The lowest BCUT2D eigenvalue weighted by Crippen LogP contribution is -2.67. The summed E-state index contributed by atoms with van der Waals surface area (Å²) in [6, 6.07) is 14.5. The predicted molar refractivity (Wildman–Crippen MR) is 119 cm³/mol. The number of anilines is 1. The Bertz CT molecular complexity index is 1070. The molecule has 0 radical (unpaired) electrons. The standard InChI is InChI=1S/C24H27N5O2/c1-24-10-11-28(2)20(13-16-6-7-17(22(26)30)12-19(16)24)21(24)29(3)23(31)27-18-8-4-15(14-25)5-9-18/h4-9,12,20-21H,10-11,13H2,1-3H3,(H2,26,30)(H,27,31). The fourth-order valence-corrected chi connectivity index (χ4v) is 5.27. The fraction of sp³-hybridized carbons (Fsp3) is 0.375. The van der Waals surface area contributed by atoms with E-state index in [0.717, 1.165) is 24.9 Å². The quantitative estimate of drug-likeness (QED) is 0.801. The lowest BCUT2D eigenvalue weighted by molar-refractivity contribution is 0.0214. The van der Waals surface area contributed by atoms with Gasteiger partial charge < -0.3 is 20.9 Å². The number of nitrogens with zero attached hydrogens (tertiary/aromatic N) is 3. The molecule has 3 unspecified atom stereocenters. The van der Waals surface area contributed by atoms with E-state index in [4.69, 9.17) is 11.0 Å². The van der Waals surface area contributed by atoms with Crippen molar-refractivity contribution in [1.82, 2.24) is 9.80 Å². The minimum Gasteiger partial charge on any atom is -0.366 e. The number of hydrogen-bond acceptors (Lipinski definition) is 4. The van der Waals surface area contributed by atoms with E-state index in [1.165, 1.54) is 5.56 Å². The van der Waals surface area contributed by atoms with Gasteiger partial charge in [0.1, 0.15) is 0 Å². The van der Waals surface area contributed by atoms with Crippen LogP contribution in [0, 0.1) is 11.3 Å². The maximum Gasteiger partial charge on any atom is 0.321 e. The van der Waals surface area contributed by atoms with Crippen molar-refractivity contribution in [1.29, 1.82) is 5.26 Å². The molecule has 160 valence electrons. The molecule has 0 saturated carbocycles. The van der Waals surface area contributed by atoms with Crippen LogP contribution in [-0.4, -0.2) is 54.5 Å². The topological polar surface area (TPSA) is 102 Å². The van der Waals surface area contributed by atoms with Gasteiger partial charge in [0.15, 0.2) is 0 Å². The number of fused-ring (bicyclic) bond motifs is 4. The molecule has 3 N–H and O–H groups in total. The van der Waals surface area contributed by atoms with E-state index in [2.05, 4.69) is 30.3 Å². The summed E-state index contributed by atoms with van der Waals surface area (Å²) in [6.45, 7) is 3.11. The molecule has 1 aliphatic carbocycles. The Balaban J connectivity index is 1.67. The van der Waals surface area contributed by atoms with Crippen LogP contribution in [0.4, 0.5) is 10.5 Å². The van der Waals surface area contributed by atoms with Crippen LogP contribution in [0.25, 0.3) is 0 Å². The fourth-order valence-electron chi connectivity index (χ4n) is 5.27. The number of rotatable bonds is 3. The molecule has 1 heterocycles. The van der Waals surface area contributed by atoms with E-state index in [0.29, 0.717) is 16.8 Å². The number of carbonyl (C=O) groups excluding carboxylic acids is 2. The molecule has 7 heteroatoms. The highest BCUT2D eigenvalue weighted by Crippen LogP contribution is 2.46. The third kappa shape index (κ3) is 3.53. The smallest absolute Gasteiger partial charge is 0.321 e. The van der Waals surface area contributed by atoms with Crippen LogP contribution in [-0.2, 0) is 11.8 Å². The molecule has 3 amide bonds. The van der Waals surface area contributed by atoms with Crippen molar-refractivity contribution in [2.24, 2.45) is 5.73 Å². The number of primary amides is 1. The molecular formula is C24H27N5O2. The van der Waals surface area contributed by atoms with Crippen molar-refractivity contribution < 1.29 is 9.59 Å². The second kappa shape index (κ2) is 7.71. The second-order valence-corrected chi connectivity index (χ2v) is 8.83. The van der Waals surface area contributed by atoms with Crippen LogP contribution in [0.5, 0.6) is 0 Å². The Labute approximate surface area is 182 Å². The number of hydrogen-bond donors (Lipinski definition) is 2. The zero-order chi connectivity index (χ0) is 22.3. The Hall–Kier alpha value is -3.37. The van der Waals surface area contributed by atoms with Crippen molar-refractivity contribution in [2.75, 3.05) is 26.0 Å². The summed E-state index contributed by atoms with van der Waals surface area (Å²) in [5, 5.41) is 11.9. The first-order valence-electron chi connectivity index (χ1n) is 10.4. The number of nitriles is 1. The molecule has 1 fully saturated rings. The van der Waals surface area contributed by atoms with Crippen LogP contribution < -0.4 is 11.1 Å². The zero-order valence-corrected chi connectivity index (χ0v) is 18.1. The maximum atomic E-state index is 13.2. The van der Waals surface area contributed by atoms with E-state index in [1.807, 2.05) is 19.2 Å². The molecular weight excluding hydrogens is 390 g/mol. The molecule has 2 aliphatic rings. The summed E-state index contributed by atoms with van der Waals surface area (Å²) in [4.78, 5) is 29.1. The van der Waals surface area contributed by atoms with E-state index < -0.39 is 5.91 Å². The highest BCUT2D eigenvalue weighted by Gasteiger charge is 2.52. The van der Waals surface area contributed by atoms with Gasteiger partial charge in [0, 0.05) is 29.8 Å². The van der Waals surface area contributed by atoms with E-state index >= 15 is 0 Å². The number of nitrogens with two attached hydrogens (primary N) is 1. The lowest BCUT2D eigenvalue weighted by atomic mass is 9.61. The largest absolute Gasteiger partial charge is 0.366 e. The van der Waals surface area contributed by atoms with Crippen molar-refractivity contribution in [3.8, 4) is 6.07 Å². The highest BCUT2D eigenvalue weighted by molar-refractivity contribution is 5.93. The molecule has 2 bridgehead atoms. The summed E-state index contributed by atoms with van der Waals surface area (Å²) in [5.41, 5.74) is 9.26. The van der Waals surface area contributed by atoms with Gasteiger partial charge in [0.2, 0.25) is 5.91 Å². The number of amides is 3. The minimum absolute atomic E-state index is 0.0692. The van der Waals surface area contributed by atoms with Crippen molar-refractivity contribution in [3.63, 3.8) is 0 Å². The summed E-state index contributed by atoms with van der Waals surface area (Å²) < 4.78 is 0. The summed E-state index contributed by atoms with van der Waals surface area (Å²) >= 11 is 0. The molecule has 2 aromatic carbocycles. The zero-order valence-electron chi connectivity index (χ0n) is 18.1. The first-order chi connectivity index (χ1) is 14.7. The van der Waals surface area contributed by atoms with Gasteiger partial charge in [-0.15, -0.1) is 0 Å². The Morgan fingerprint density at radius 2 is 1.97 bits per heavy atom. The second-order valence-electron chi connectivity index (χ2n) is 8.83. The van der Waals surface area contributed by atoms with Crippen LogP contribution in [0.3, 0.4) is 0 Å². The molecule has 0 spiro atoms. The number of nitrogens with one attached hydrogen (secondary N) is 1. The van der Waals surface area contributed by atoms with Crippen LogP contribution in [0.15, 0.2) is 42.5 Å². The predicted octanol–water partition coefficient (Wildman–Crippen LogP) is 2.71. The molecule has 7 nitrogen and oxygen atoms in total. The number of carbonyl (C=O) groups is 2. The molecule has 1 aliphatic heterocycles. The van der Waals surface area contributed by atoms with Gasteiger partial charge in [-0.05, 0) is 74.0 Å². The number of likely N-dealkylation sites (tertiary alicyclic amines) is 1. The molecule has 4 rings (SSSR count). The number of benzene rings is 2. The van der Waals surface area contributed by atoms with Gasteiger partial charge in [-0.3, -0.25) is 4.79 Å². The van der Waals surface area contributed by atoms with Gasteiger partial charge in [0.05, 0.1) is 17.7 Å². The maximum absolute atomic E-state index is 13.2. The molecule has 1 saturated heterocycles. The summed E-state index contributed by atoms with van der Waals surface area (Å²) in [5.74, 6) is -0.440. The van der Waals surface area contributed by atoms with Gasteiger partial charge in [-0.1, -0.05) is 13.0 Å². The van der Waals surface area contributed by atoms with Crippen LogP contribution in [0.1, 0.15) is 40.4 Å². The van der Waals surface area contributed by atoms with Gasteiger partial charge >= 0.3 is 6.03 Å². The normalized spacial score (nSPS) is 24.6. The van der Waals surface area contributed by atoms with Crippen LogP contribution in [0.2, 0.25) is 0 Å². The van der Waals surface area contributed by atoms with Crippen LogP contribution >= 0.6 is 0 Å². The Morgan fingerprint density at radius 3 is 2.61 bits per heavy atom. The summed E-state index contributed by atoms with van der Waals surface area (Å²) in [6.07, 6.45) is 1.67. The SMILES string of the molecule is CN1CCC2(C)c3cc(C(N)=O)ccc3CC1C2N(C)C(=O)Nc1ccc(C#N)cc1. The average Bonchev–Trinajstić information content (AvgIpc) is 2.76. The first kappa shape index (κ1) is 20.9. The molecule has 3 atom stereocenters. The third-order valence-corrected chi connectivity index (χ3v) is 7.01. The molecule has 0 aromatic heterocycles. The Kier molecular flexibility index (Phi) is 5.19. The van der Waals surface area contributed by atoms with Gasteiger partial charge in [0.25, 0.3) is 0 Å². The monoisotopic (exact) mass is 417 g/mol. The van der Waals surface area contributed by atoms with Crippen molar-refractivity contribution >= 4 is 17.6 Å². The summed E-state index contributed by atoms with van der Waals surface area (Å²) in [7, 11) is 3.93. The van der Waals surface area contributed by atoms with Gasteiger partial charge in [-0.25, -0.2) is 4.79 Å².